The number of carbonyl (C=O) groups is 2. The molecule has 0 aliphatic heterocycles. The highest BCUT2D eigenvalue weighted by atomic mass is 35.5. The summed E-state index contributed by atoms with van der Waals surface area (Å²) in [6.45, 7) is 2.97. The van der Waals surface area contributed by atoms with Gasteiger partial charge in [-0.25, -0.2) is 4.98 Å². The summed E-state index contributed by atoms with van der Waals surface area (Å²) in [6, 6.07) is 4.81. The number of aliphatic carboxylic acids is 1. The molecule has 1 aromatic rings. The van der Waals surface area contributed by atoms with Crippen LogP contribution in [0.2, 0.25) is 5.15 Å². The van der Waals surface area contributed by atoms with Crippen molar-refractivity contribution in [2.75, 3.05) is 5.32 Å². The zero-order valence-electron chi connectivity index (χ0n) is 9.53. The summed E-state index contributed by atoms with van der Waals surface area (Å²) < 4.78 is 0. The van der Waals surface area contributed by atoms with Crippen molar-refractivity contribution in [1.29, 1.82) is 0 Å². The molecule has 0 spiro atoms. The zero-order chi connectivity index (χ0) is 13.1. The molecule has 0 unspecified atom stereocenters. The number of rotatable bonds is 4. The van der Waals surface area contributed by atoms with Gasteiger partial charge < -0.3 is 10.4 Å². The van der Waals surface area contributed by atoms with Gasteiger partial charge in [0.1, 0.15) is 11.0 Å². The van der Waals surface area contributed by atoms with Crippen molar-refractivity contribution in [2.45, 2.75) is 20.3 Å². The lowest BCUT2D eigenvalue weighted by Crippen LogP contribution is -2.29. The molecule has 1 amide bonds. The highest BCUT2D eigenvalue weighted by Crippen LogP contribution is 2.21. The van der Waals surface area contributed by atoms with Crippen LogP contribution >= 0.6 is 11.6 Å². The van der Waals surface area contributed by atoms with E-state index in [-0.39, 0.29) is 11.6 Å². The van der Waals surface area contributed by atoms with Crippen molar-refractivity contribution in [3.8, 4) is 0 Å². The van der Waals surface area contributed by atoms with E-state index in [1.807, 2.05) is 0 Å². The molecule has 0 saturated heterocycles. The van der Waals surface area contributed by atoms with E-state index >= 15 is 0 Å². The molecule has 5 nitrogen and oxygen atoms in total. The van der Waals surface area contributed by atoms with Crippen LogP contribution in [-0.4, -0.2) is 22.0 Å². The number of carbonyl (C=O) groups excluding carboxylic acids is 1. The van der Waals surface area contributed by atoms with E-state index in [2.05, 4.69) is 10.3 Å². The Labute approximate surface area is 104 Å². The summed E-state index contributed by atoms with van der Waals surface area (Å²) in [5, 5.41) is 11.6. The third-order valence-corrected chi connectivity index (χ3v) is 2.37. The lowest BCUT2D eigenvalue weighted by molar-refractivity contribution is -0.148. The first-order chi connectivity index (χ1) is 7.81. The van der Waals surface area contributed by atoms with Gasteiger partial charge in [-0.15, -0.1) is 0 Å². The van der Waals surface area contributed by atoms with Crippen molar-refractivity contribution in [3.05, 3.63) is 23.4 Å². The molecule has 1 heterocycles. The number of hydrogen-bond donors (Lipinski definition) is 2. The number of carboxylic acids is 1. The van der Waals surface area contributed by atoms with Gasteiger partial charge in [0.25, 0.3) is 0 Å². The van der Waals surface area contributed by atoms with E-state index in [4.69, 9.17) is 16.7 Å². The third-order valence-electron chi connectivity index (χ3n) is 2.16. The first kappa shape index (κ1) is 13.4. The summed E-state index contributed by atoms with van der Waals surface area (Å²) in [6.07, 6.45) is -0.128. The van der Waals surface area contributed by atoms with Gasteiger partial charge in [-0.05, 0) is 26.0 Å². The maximum absolute atomic E-state index is 11.6. The van der Waals surface area contributed by atoms with Gasteiger partial charge in [0.15, 0.2) is 0 Å². The first-order valence-corrected chi connectivity index (χ1v) is 5.35. The average molecular weight is 257 g/mol. The summed E-state index contributed by atoms with van der Waals surface area (Å²) in [5.74, 6) is -1.12. The van der Waals surface area contributed by atoms with Gasteiger partial charge in [0.2, 0.25) is 5.91 Å². The quantitative estimate of drug-likeness (QED) is 0.809. The second kappa shape index (κ2) is 5.14. The number of halogens is 1. The molecule has 1 aromatic heterocycles. The monoisotopic (exact) mass is 256 g/mol. The predicted molar refractivity (Wildman–Crippen MR) is 63.9 cm³/mol. The van der Waals surface area contributed by atoms with Crippen molar-refractivity contribution in [3.63, 3.8) is 0 Å². The standard InChI is InChI=1S/C11H13ClN2O3/c1-11(2,10(16)17)6-9(15)14-8-5-3-4-7(12)13-8/h3-5H,6H2,1-2H3,(H,16,17)(H,13,14,15). The summed E-state index contributed by atoms with van der Waals surface area (Å²) >= 11 is 5.66. The van der Waals surface area contributed by atoms with Crippen molar-refractivity contribution in [1.82, 2.24) is 4.98 Å². The fraction of sp³-hybridized carbons (Fsp3) is 0.364. The molecule has 0 aliphatic carbocycles. The van der Waals surface area contributed by atoms with Gasteiger partial charge in [0.05, 0.1) is 5.41 Å². The Morgan fingerprint density at radius 3 is 2.65 bits per heavy atom. The number of hydrogen-bond acceptors (Lipinski definition) is 3. The van der Waals surface area contributed by atoms with Gasteiger partial charge in [-0.2, -0.15) is 0 Å². The van der Waals surface area contributed by atoms with E-state index in [9.17, 15) is 9.59 Å². The molecular formula is C11H13ClN2O3. The van der Waals surface area contributed by atoms with Crippen LogP contribution in [0.5, 0.6) is 0 Å². The Balaban J connectivity index is 2.65. The maximum Gasteiger partial charge on any atom is 0.309 e. The molecule has 1 rings (SSSR count). The van der Waals surface area contributed by atoms with Crippen LogP contribution in [0.1, 0.15) is 20.3 Å². The Morgan fingerprint density at radius 2 is 2.12 bits per heavy atom. The number of nitrogens with zero attached hydrogens (tertiary/aromatic N) is 1. The molecule has 0 fully saturated rings. The van der Waals surface area contributed by atoms with Crippen LogP contribution in [-0.2, 0) is 9.59 Å². The first-order valence-electron chi connectivity index (χ1n) is 4.97. The van der Waals surface area contributed by atoms with Gasteiger partial charge >= 0.3 is 5.97 Å². The lowest BCUT2D eigenvalue weighted by atomic mass is 9.89. The number of amides is 1. The highest BCUT2D eigenvalue weighted by molar-refractivity contribution is 6.29. The summed E-state index contributed by atoms with van der Waals surface area (Å²) in [7, 11) is 0. The van der Waals surface area contributed by atoms with Crippen LogP contribution < -0.4 is 5.32 Å². The molecule has 92 valence electrons. The van der Waals surface area contributed by atoms with E-state index in [0.29, 0.717) is 5.82 Å². The van der Waals surface area contributed by atoms with E-state index in [0.717, 1.165) is 0 Å². The van der Waals surface area contributed by atoms with Crippen LogP contribution in [0.3, 0.4) is 0 Å². The minimum absolute atomic E-state index is 0.128. The van der Waals surface area contributed by atoms with Crippen LogP contribution in [0.15, 0.2) is 18.2 Å². The average Bonchev–Trinajstić information content (AvgIpc) is 2.15. The summed E-state index contributed by atoms with van der Waals surface area (Å²) in [4.78, 5) is 26.3. The zero-order valence-corrected chi connectivity index (χ0v) is 10.3. The molecule has 0 atom stereocenters. The molecule has 0 bridgehead atoms. The van der Waals surface area contributed by atoms with Crippen LogP contribution in [0.4, 0.5) is 5.82 Å². The van der Waals surface area contributed by atoms with Crippen LogP contribution in [0, 0.1) is 5.41 Å². The molecule has 17 heavy (non-hydrogen) atoms. The summed E-state index contributed by atoms with van der Waals surface area (Å²) in [5.41, 5.74) is -1.11. The molecule has 0 aliphatic rings. The Bertz CT molecular complexity index is 446. The topological polar surface area (TPSA) is 79.3 Å². The highest BCUT2D eigenvalue weighted by Gasteiger charge is 2.30. The van der Waals surface area contributed by atoms with Gasteiger partial charge in [-0.3, -0.25) is 9.59 Å². The largest absolute Gasteiger partial charge is 0.481 e. The van der Waals surface area contributed by atoms with Crippen molar-refractivity contribution < 1.29 is 14.7 Å². The number of aromatic nitrogens is 1. The molecule has 6 heteroatoms. The maximum atomic E-state index is 11.6. The minimum atomic E-state index is -1.11. The van der Waals surface area contributed by atoms with Crippen molar-refractivity contribution in [2.24, 2.45) is 5.41 Å². The number of carboxylic acid groups (broad SMARTS) is 1. The number of pyridine rings is 1. The normalized spacial score (nSPS) is 11.0. The number of anilines is 1. The second-order valence-corrected chi connectivity index (χ2v) is 4.65. The SMILES string of the molecule is CC(C)(CC(=O)Nc1cccc(Cl)n1)C(=O)O. The molecule has 2 N–H and O–H groups in total. The van der Waals surface area contributed by atoms with Gasteiger partial charge in [0, 0.05) is 6.42 Å². The van der Waals surface area contributed by atoms with E-state index in [1.54, 1.807) is 18.2 Å². The Hall–Kier alpha value is -1.62. The predicted octanol–water partition coefficient (Wildman–Crippen LogP) is 2.17. The smallest absolute Gasteiger partial charge is 0.309 e. The van der Waals surface area contributed by atoms with E-state index in [1.165, 1.54) is 13.8 Å². The fourth-order valence-electron chi connectivity index (χ4n) is 1.14. The molecule has 0 saturated carbocycles. The fourth-order valence-corrected chi connectivity index (χ4v) is 1.31. The van der Waals surface area contributed by atoms with Crippen molar-refractivity contribution >= 4 is 29.3 Å². The lowest BCUT2D eigenvalue weighted by Gasteiger charge is -2.17. The van der Waals surface area contributed by atoms with Crippen LogP contribution in [0.25, 0.3) is 0 Å². The second-order valence-electron chi connectivity index (χ2n) is 4.26. The Kier molecular flexibility index (Phi) is 4.07. The molecule has 0 radical (unpaired) electrons. The van der Waals surface area contributed by atoms with E-state index < -0.39 is 17.3 Å². The molecule has 0 aromatic carbocycles. The van der Waals surface area contributed by atoms with Gasteiger partial charge in [-0.1, -0.05) is 17.7 Å². The third kappa shape index (κ3) is 4.03. The number of nitrogens with one attached hydrogen (secondary N) is 1. The Morgan fingerprint density at radius 1 is 1.47 bits per heavy atom. The minimum Gasteiger partial charge on any atom is -0.481 e. The molecular weight excluding hydrogens is 244 g/mol.